The van der Waals surface area contributed by atoms with Gasteiger partial charge in [0.25, 0.3) is 0 Å². The van der Waals surface area contributed by atoms with Crippen molar-refractivity contribution in [3.05, 3.63) is 41.7 Å². The lowest BCUT2D eigenvalue weighted by Gasteiger charge is -2.22. The number of aromatic nitrogens is 2. The predicted octanol–water partition coefficient (Wildman–Crippen LogP) is 2.46. The molecule has 0 aliphatic carbocycles. The maximum Gasteiger partial charge on any atom is 0.227 e. The van der Waals surface area contributed by atoms with E-state index in [1.807, 2.05) is 18.3 Å². The molecule has 0 radical (unpaired) electrons. The van der Waals surface area contributed by atoms with Crippen molar-refractivity contribution in [2.24, 2.45) is 5.92 Å². The van der Waals surface area contributed by atoms with Gasteiger partial charge in [0.1, 0.15) is 0 Å². The number of hydrogen-bond donors (Lipinski definition) is 2. The maximum atomic E-state index is 12.4. The third-order valence-corrected chi connectivity index (χ3v) is 3.91. The molecule has 21 heavy (non-hydrogen) atoms. The number of rotatable bonds is 3. The molecule has 0 saturated carbocycles. The van der Waals surface area contributed by atoms with Crippen molar-refractivity contribution >= 4 is 23.2 Å². The van der Waals surface area contributed by atoms with Gasteiger partial charge in [-0.3, -0.25) is 4.79 Å². The molecule has 0 bridgehead atoms. The van der Waals surface area contributed by atoms with Crippen molar-refractivity contribution in [3.63, 3.8) is 0 Å². The Morgan fingerprint density at radius 3 is 2.90 bits per heavy atom. The largest absolute Gasteiger partial charge is 0.324 e. The van der Waals surface area contributed by atoms with Crippen molar-refractivity contribution in [1.82, 2.24) is 15.1 Å². The number of halogens is 1. The van der Waals surface area contributed by atoms with E-state index in [0.717, 1.165) is 31.6 Å². The van der Waals surface area contributed by atoms with E-state index in [4.69, 9.17) is 11.6 Å². The number of carbonyl (C=O) groups excluding carboxylic acids is 1. The van der Waals surface area contributed by atoms with E-state index in [-0.39, 0.29) is 11.8 Å². The van der Waals surface area contributed by atoms with Crippen molar-refractivity contribution in [1.29, 1.82) is 0 Å². The molecule has 3 rings (SSSR count). The molecule has 110 valence electrons. The van der Waals surface area contributed by atoms with Crippen LogP contribution in [0.1, 0.15) is 12.8 Å². The monoisotopic (exact) mass is 304 g/mol. The summed E-state index contributed by atoms with van der Waals surface area (Å²) in [6.07, 6.45) is 5.27. The van der Waals surface area contributed by atoms with Crippen molar-refractivity contribution in [2.45, 2.75) is 12.8 Å². The smallest absolute Gasteiger partial charge is 0.227 e. The summed E-state index contributed by atoms with van der Waals surface area (Å²) in [5, 5.41) is 11.1. The average Bonchev–Trinajstić information content (AvgIpc) is 3.02. The summed E-state index contributed by atoms with van der Waals surface area (Å²) in [6, 6.07) is 7.25. The highest BCUT2D eigenvalue weighted by molar-refractivity contribution is 6.31. The molecule has 0 atom stereocenters. The third kappa shape index (κ3) is 3.25. The summed E-state index contributed by atoms with van der Waals surface area (Å²) in [5.41, 5.74) is 1.50. The number of benzene rings is 1. The Balaban J connectivity index is 1.84. The number of amides is 1. The van der Waals surface area contributed by atoms with E-state index < -0.39 is 0 Å². The van der Waals surface area contributed by atoms with Gasteiger partial charge in [-0.1, -0.05) is 11.6 Å². The van der Waals surface area contributed by atoms with Crippen LogP contribution in [0.3, 0.4) is 0 Å². The molecular formula is C15H17ClN4O. The lowest BCUT2D eigenvalue weighted by atomic mass is 9.97. The second kappa shape index (κ2) is 6.28. The summed E-state index contributed by atoms with van der Waals surface area (Å²) >= 11 is 6.06. The second-order valence-corrected chi connectivity index (χ2v) is 5.56. The third-order valence-electron chi connectivity index (χ3n) is 3.68. The molecule has 5 nitrogen and oxygen atoms in total. The lowest BCUT2D eigenvalue weighted by molar-refractivity contribution is -0.120. The standard InChI is InChI=1S/C15H17ClN4O/c16-12-2-3-14(20-9-1-6-18-20)13(10-12)19-15(21)11-4-7-17-8-5-11/h1-3,6,9-11,17H,4-5,7-8H2,(H,19,21). The van der Waals surface area contributed by atoms with Gasteiger partial charge < -0.3 is 10.6 Å². The van der Waals surface area contributed by atoms with E-state index in [9.17, 15) is 4.79 Å². The molecular weight excluding hydrogens is 288 g/mol. The molecule has 2 N–H and O–H groups in total. The Hall–Kier alpha value is -1.85. The average molecular weight is 305 g/mol. The number of nitrogens with zero attached hydrogens (tertiary/aromatic N) is 2. The minimum absolute atomic E-state index is 0.0483. The van der Waals surface area contributed by atoms with Gasteiger partial charge in [-0.05, 0) is 50.2 Å². The quantitative estimate of drug-likeness (QED) is 0.916. The SMILES string of the molecule is O=C(Nc1cc(Cl)ccc1-n1cccn1)C1CCNCC1. The first kappa shape index (κ1) is 14.1. The topological polar surface area (TPSA) is 59.0 Å². The molecule has 1 fully saturated rings. The molecule has 1 aromatic heterocycles. The highest BCUT2D eigenvalue weighted by atomic mass is 35.5. The normalized spacial score (nSPS) is 15.9. The zero-order valence-electron chi connectivity index (χ0n) is 11.6. The molecule has 1 aliphatic heterocycles. The van der Waals surface area contributed by atoms with Gasteiger partial charge in [0, 0.05) is 23.3 Å². The molecule has 1 amide bonds. The van der Waals surface area contributed by atoms with Crippen LogP contribution in [-0.2, 0) is 4.79 Å². The minimum Gasteiger partial charge on any atom is -0.324 e. The van der Waals surface area contributed by atoms with Crippen molar-refractivity contribution in [2.75, 3.05) is 18.4 Å². The van der Waals surface area contributed by atoms with Crippen LogP contribution in [0, 0.1) is 5.92 Å². The lowest BCUT2D eigenvalue weighted by Crippen LogP contribution is -2.34. The molecule has 0 unspecified atom stereocenters. The zero-order chi connectivity index (χ0) is 14.7. The molecule has 1 aromatic carbocycles. The van der Waals surface area contributed by atoms with Crippen LogP contribution >= 0.6 is 11.6 Å². The van der Waals surface area contributed by atoms with Gasteiger partial charge in [-0.2, -0.15) is 5.10 Å². The minimum atomic E-state index is 0.0483. The number of anilines is 1. The van der Waals surface area contributed by atoms with Gasteiger partial charge in [0.2, 0.25) is 5.91 Å². The fraction of sp³-hybridized carbons (Fsp3) is 0.333. The molecule has 2 aromatic rings. The van der Waals surface area contributed by atoms with Gasteiger partial charge in [0.05, 0.1) is 11.4 Å². The Morgan fingerprint density at radius 1 is 1.38 bits per heavy atom. The van der Waals surface area contributed by atoms with Crippen LogP contribution in [0.15, 0.2) is 36.7 Å². The highest BCUT2D eigenvalue weighted by Crippen LogP contribution is 2.25. The first-order chi connectivity index (χ1) is 10.2. The van der Waals surface area contributed by atoms with E-state index in [1.165, 1.54) is 0 Å². The van der Waals surface area contributed by atoms with Crippen LogP contribution in [0.4, 0.5) is 5.69 Å². The highest BCUT2D eigenvalue weighted by Gasteiger charge is 2.22. The van der Waals surface area contributed by atoms with Crippen LogP contribution in [0.2, 0.25) is 5.02 Å². The van der Waals surface area contributed by atoms with E-state index in [0.29, 0.717) is 10.7 Å². The van der Waals surface area contributed by atoms with Crippen LogP contribution in [0.25, 0.3) is 5.69 Å². The van der Waals surface area contributed by atoms with Crippen LogP contribution in [-0.4, -0.2) is 28.8 Å². The van der Waals surface area contributed by atoms with Gasteiger partial charge >= 0.3 is 0 Å². The summed E-state index contributed by atoms with van der Waals surface area (Å²) in [6.45, 7) is 1.78. The number of nitrogens with one attached hydrogen (secondary N) is 2. The maximum absolute atomic E-state index is 12.4. The van der Waals surface area contributed by atoms with Gasteiger partial charge in [0.15, 0.2) is 0 Å². The summed E-state index contributed by atoms with van der Waals surface area (Å²) in [4.78, 5) is 12.4. The van der Waals surface area contributed by atoms with E-state index in [2.05, 4.69) is 15.7 Å². The number of piperidine rings is 1. The summed E-state index contributed by atoms with van der Waals surface area (Å²) in [5.74, 6) is 0.0999. The number of carbonyl (C=O) groups is 1. The van der Waals surface area contributed by atoms with Crippen LogP contribution < -0.4 is 10.6 Å². The molecule has 1 saturated heterocycles. The van der Waals surface area contributed by atoms with E-state index in [1.54, 1.807) is 23.0 Å². The fourth-order valence-corrected chi connectivity index (χ4v) is 2.71. The first-order valence-corrected chi connectivity index (χ1v) is 7.43. The molecule has 0 spiro atoms. The van der Waals surface area contributed by atoms with Crippen LogP contribution in [0.5, 0.6) is 0 Å². The Labute approximate surface area is 128 Å². The summed E-state index contributed by atoms with van der Waals surface area (Å²) < 4.78 is 1.72. The Bertz CT molecular complexity index is 621. The Kier molecular flexibility index (Phi) is 4.22. The van der Waals surface area contributed by atoms with Crippen molar-refractivity contribution < 1.29 is 4.79 Å². The number of hydrogen-bond acceptors (Lipinski definition) is 3. The molecule has 6 heteroatoms. The second-order valence-electron chi connectivity index (χ2n) is 5.13. The van der Waals surface area contributed by atoms with Gasteiger partial charge in [-0.25, -0.2) is 4.68 Å². The summed E-state index contributed by atoms with van der Waals surface area (Å²) in [7, 11) is 0. The predicted molar refractivity (Wildman–Crippen MR) is 82.8 cm³/mol. The molecule has 1 aliphatic rings. The Morgan fingerprint density at radius 2 is 2.19 bits per heavy atom. The van der Waals surface area contributed by atoms with Crippen molar-refractivity contribution in [3.8, 4) is 5.69 Å². The van der Waals surface area contributed by atoms with E-state index >= 15 is 0 Å². The molecule has 2 heterocycles. The zero-order valence-corrected chi connectivity index (χ0v) is 12.3. The fourth-order valence-electron chi connectivity index (χ4n) is 2.54. The van der Waals surface area contributed by atoms with Gasteiger partial charge in [-0.15, -0.1) is 0 Å². The first-order valence-electron chi connectivity index (χ1n) is 7.05.